The second kappa shape index (κ2) is 4.15. The van der Waals surface area contributed by atoms with Gasteiger partial charge in [-0.05, 0) is 6.92 Å². The molecule has 4 atom stereocenters. The van der Waals surface area contributed by atoms with Crippen LogP contribution in [0.5, 0.6) is 0 Å². The first-order valence-electron chi connectivity index (χ1n) is 3.24. The van der Waals surface area contributed by atoms with Gasteiger partial charge in [-0.2, -0.15) is 0 Å². The van der Waals surface area contributed by atoms with Gasteiger partial charge in [0, 0.05) is 0 Å². The van der Waals surface area contributed by atoms with E-state index in [4.69, 9.17) is 32.0 Å². The molecule has 72 valence electrons. The highest BCUT2D eigenvalue weighted by Gasteiger charge is 2.39. The molecule has 5 nitrogen and oxygen atoms in total. The van der Waals surface area contributed by atoms with Crippen LogP contribution in [-0.4, -0.2) is 50.1 Å². The zero-order valence-corrected chi connectivity index (χ0v) is 7.14. The number of carbonyl (C=O) groups excluding carboxylic acids is 1. The molecule has 12 heavy (non-hydrogen) atoms. The molecule has 0 radical (unpaired) electrons. The molecule has 0 aliphatic rings. The van der Waals surface area contributed by atoms with E-state index < -0.39 is 23.4 Å². The molecule has 0 heterocycles. The first-order valence-corrected chi connectivity index (χ1v) is 3.62. The van der Waals surface area contributed by atoms with Gasteiger partial charge < -0.3 is 20.4 Å². The molecule has 6 heteroatoms. The van der Waals surface area contributed by atoms with Crippen LogP contribution in [0, 0.1) is 0 Å². The molecule has 0 rings (SSSR count). The second-order valence-electron chi connectivity index (χ2n) is 2.52. The van der Waals surface area contributed by atoms with Gasteiger partial charge in [0.25, 0.3) is 0 Å². The summed E-state index contributed by atoms with van der Waals surface area (Å²) >= 11 is 5.08. The molecule has 0 fully saturated rings. The van der Waals surface area contributed by atoms with E-state index in [1.165, 1.54) is 6.92 Å². The third kappa shape index (κ3) is 2.69. The highest BCUT2D eigenvalue weighted by atomic mass is 35.5. The van der Waals surface area contributed by atoms with Crippen molar-refractivity contribution in [2.24, 2.45) is 0 Å². The minimum atomic E-state index is -2.56. The number of aliphatic hydroxyl groups excluding tert-OH is 3. The number of aldehydes is 1. The van der Waals surface area contributed by atoms with Crippen LogP contribution in [-0.2, 0) is 4.79 Å². The molecule has 0 unspecified atom stereocenters. The lowest BCUT2D eigenvalue weighted by Gasteiger charge is -2.26. The zero-order valence-electron chi connectivity index (χ0n) is 6.38. The predicted molar refractivity (Wildman–Crippen MR) is 40.6 cm³/mol. The van der Waals surface area contributed by atoms with Crippen LogP contribution < -0.4 is 0 Å². The molecule has 0 aromatic carbocycles. The zero-order chi connectivity index (χ0) is 9.94. The summed E-state index contributed by atoms with van der Waals surface area (Å²) in [6.07, 6.45) is -5.00. The Kier molecular flexibility index (Phi) is 4.09. The number of hydrogen-bond acceptors (Lipinski definition) is 5. The lowest BCUT2D eigenvalue weighted by Crippen LogP contribution is -2.50. The topological polar surface area (TPSA) is 98.0 Å². The first-order chi connectivity index (χ1) is 5.33. The summed E-state index contributed by atoms with van der Waals surface area (Å²) in [4.78, 5) is 10.1. The Bertz CT molecular complexity index is 158. The second-order valence-corrected chi connectivity index (χ2v) is 3.13. The summed E-state index contributed by atoms with van der Waals surface area (Å²) in [5, 5.41) is 33.0. The van der Waals surface area contributed by atoms with Crippen molar-refractivity contribution in [1.29, 1.82) is 0 Å². The smallest absolute Gasteiger partial charge is 0.223 e. The van der Waals surface area contributed by atoms with Crippen molar-refractivity contribution < 1.29 is 25.2 Å². The van der Waals surface area contributed by atoms with Crippen LogP contribution in [0.2, 0.25) is 0 Å². The van der Waals surface area contributed by atoms with Gasteiger partial charge in [-0.1, -0.05) is 11.6 Å². The summed E-state index contributed by atoms with van der Waals surface area (Å²) < 4.78 is 0. The van der Waals surface area contributed by atoms with Crippen molar-refractivity contribution in [2.75, 3.05) is 0 Å². The van der Waals surface area contributed by atoms with Gasteiger partial charge in [0.2, 0.25) is 5.06 Å². The molecule has 0 spiro atoms. The molecule has 0 aliphatic heterocycles. The Morgan fingerprint density at radius 1 is 1.42 bits per heavy atom. The molecular weight excluding hydrogens is 188 g/mol. The normalized spacial score (nSPS) is 23.8. The molecule has 0 amide bonds. The average molecular weight is 199 g/mol. The van der Waals surface area contributed by atoms with Gasteiger partial charge in [-0.15, -0.1) is 0 Å². The van der Waals surface area contributed by atoms with Gasteiger partial charge in [0.1, 0.15) is 12.2 Å². The Hall–Kier alpha value is -0.200. The van der Waals surface area contributed by atoms with Crippen LogP contribution in [0.15, 0.2) is 0 Å². The average Bonchev–Trinajstić information content (AvgIpc) is 2.01. The fraction of sp³-hybridized carbons (Fsp3) is 0.833. The summed E-state index contributed by atoms with van der Waals surface area (Å²) in [7, 11) is 0. The number of hydrogen-bond donors (Lipinski definition) is 4. The van der Waals surface area contributed by atoms with Crippen molar-refractivity contribution in [3.8, 4) is 0 Å². The van der Waals surface area contributed by atoms with Crippen molar-refractivity contribution in [2.45, 2.75) is 30.3 Å². The molecule has 0 aromatic heterocycles. The fourth-order valence-electron chi connectivity index (χ4n) is 0.573. The molecule has 0 aliphatic carbocycles. The van der Waals surface area contributed by atoms with Crippen LogP contribution >= 0.6 is 11.6 Å². The fourth-order valence-corrected chi connectivity index (χ4v) is 0.702. The van der Waals surface area contributed by atoms with E-state index in [9.17, 15) is 4.79 Å². The van der Waals surface area contributed by atoms with Gasteiger partial charge in [-0.3, -0.25) is 4.79 Å². The van der Waals surface area contributed by atoms with Gasteiger partial charge in [0.15, 0.2) is 6.29 Å². The van der Waals surface area contributed by atoms with E-state index in [-0.39, 0.29) is 6.29 Å². The van der Waals surface area contributed by atoms with Crippen LogP contribution in [0.3, 0.4) is 0 Å². The third-order valence-electron chi connectivity index (χ3n) is 1.40. The lowest BCUT2D eigenvalue weighted by atomic mass is 10.0. The highest BCUT2D eigenvalue weighted by molar-refractivity contribution is 6.30. The number of halogens is 1. The Morgan fingerprint density at radius 3 is 2.08 bits per heavy atom. The van der Waals surface area contributed by atoms with Crippen LogP contribution in [0.1, 0.15) is 6.92 Å². The van der Waals surface area contributed by atoms with E-state index in [0.717, 1.165) is 0 Å². The molecule has 0 aromatic rings. The molecule has 0 bridgehead atoms. The molecule has 0 saturated heterocycles. The third-order valence-corrected chi connectivity index (χ3v) is 1.71. The Labute approximate surface area is 74.2 Å². The summed E-state index contributed by atoms with van der Waals surface area (Å²) in [5.41, 5.74) is 0. The number of aliphatic hydroxyl groups is 4. The summed E-state index contributed by atoms with van der Waals surface area (Å²) in [6, 6.07) is 0. The SMILES string of the molecule is C[C@H](O)[C@@H](O)[C@@H](O)[C@@](O)(Cl)C=O. The van der Waals surface area contributed by atoms with Gasteiger partial charge in [0.05, 0.1) is 6.10 Å². The van der Waals surface area contributed by atoms with Crippen molar-refractivity contribution in [3.63, 3.8) is 0 Å². The summed E-state index contributed by atoms with van der Waals surface area (Å²) in [6.45, 7) is 1.19. The maximum absolute atomic E-state index is 10.1. The van der Waals surface area contributed by atoms with Crippen molar-refractivity contribution in [3.05, 3.63) is 0 Å². The van der Waals surface area contributed by atoms with Gasteiger partial charge >= 0.3 is 0 Å². The van der Waals surface area contributed by atoms with E-state index in [0.29, 0.717) is 0 Å². The number of alkyl halides is 1. The number of carbonyl (C=O) groups is 1. The van der Waals surface area contributed by atoms with Crippen molar-refractivity contribution in [1.82, 2.24) is 0 Å². The largest absolute Gasteiger partial charge is 0.391 e. The summed E-state index contributed by atoms with van der Waals surface area (Å²) in [5.74, 6) is 0. The predicted octanol–water partition coefficient (Wildman–Crippen LogP) is -1.78. The van der Waals surface area contributed by atoms with E-state index in [1.807, 2.05) is 0 Å². The molecule has 4 N–H and O–H groups in total. The van der Waals surface area contributed by atoms with E-state index >= 15 is 0 Å². The lowest BCUT2D eigenvalue weighted by molar-refractivity contribution is -0.140. The van der Waals surface area contributed by atoms with E-state index in [1.54, 1.807) is 0 Å². The number of rotatable bonds is 4. The highest BCUT2D eigenvalue weighted by Crippen LogP contribution is 2.17. The minimum Gasteiger partial charge on any atom is -0.391 e. The van der Waals surface area contributed by atoms with Gasteiger partial charge in [-0.25, -0.2) is 0 Å². The Balaban J connectivity index is 4.37. The van der Waals surface area contributed by atoms with E-state index in [2.05, 4.69) is 0 Å². The van der Waals surface area contributed by atoms with Crippen LogP contribution in [0.4, 0.5) is 0 Å². The quantitative estimate of drug-likeness (QED) is 0.316. The molecular formula is C6H11ClO5. The Morgan fingerprint density at radius 2 is 1.83 bits per heavy atom. The monoisotopic (exact) mass is 198 g/mol. The maximum atomic E-state index is 10.1. The van der Waals surface area contributed by atoms with Crippen molar-refractivity contribution >= 4 is 17.9 Å². The maximum Gasteiger partial charge on any atom is 0.223 e. The standard InChI is InChI=1S/C6H11ClO5/c1-3(9)4(10)5(11)6(7,12)2-8/h2-5,9-12H,1H3/t3-,4+,5+,6+/m0/s1. The first kappa shape index (κ1) is 11.8. The molecule has 0 saturated carbocycles. The minimum absolute atomic E-state index is 0.120. The van der Waals surface area contributed by atoms with Crippen LogP contribution in [0.25, 0.3) is 0 Å².